The second-order valence-electron chi connectivity index (χ2n) is 7.52. The highest BCUT2D eigenvalue weighted by Gasteiger charge is 2.06. The first-order chi connectivity index (χ1) is 15.5. The van der Waals surface area contributed by atoms with E-state index < -0.39 is 0 Å². The number of pyridine rings is 2. The van der Waals surface area contributed by atoms with Crippen molar-refractivity contribution in [3.8, 4) is 17.0 Å². The van der Waals surface area contributed by atoms with Crippen molar-refractivity contribution in [3.05, 3.63) is 54.5 Å². The number of methoxy groups -OCH3 is 1. The van der Waals surface area contributed by atoms with Gasteiger partial charge in [-0.2, -0.15) is 15.3 Å². The Labute approximate surface area is 185 Å². The van der Waals surface area contributed by atoms with Crippen LogP contribution >= 0.6 is 0 Å². The van der Waals surface area contributed by atoms with Crippen molar-refractivity contribution >= 4 is 22.4 Å². The maximum atomic E-state index is 5.21. The number of ether oxygens (including phenoxy) is 1. The zero-order valence-corrected chi connectivity index (χ0v) is 18.4. The fourth-order valence-electron chi connectivity index (χ4n) is 2.98. The summed E-state index contributed by atoms with van der Waals surface area (Å²) in [6, 6.07) is 7.77. The van der Waals surface area contributed by atoms with Gasteiger partial charge in [-0.3, -0.25) is 14.8 Å². The lowest BCUT2D eigenvalue weighted by Crippen LogP contribution is -2.13. The van der Waals surface area contributed by atoms with Crippen LogP contribution in [-0.4, -0.2) is 49.3 Å². The number of rotatable bonds is 7. The van der Waals surface area contributed by atoms with Crippen LogP contribution in [0.5, 0.6) is 5.75 Å². The average molecular weight is 432 g/mol. The number of hydrogen-bond acceptors (Lipinski definition) is 8. The van der Waals surface area contributed by atoms with E-state index in [2.05, 4.69) is 54.6 Å². The van der Waals surface area contributed by atoms with Gasteiger partial charge in [0.1, 0.15) is 11.3 Å². The molecule has 0 saturated carbocycles. The molecule has 0 aliphatic carbocycles. The second-order valence-corrected chi connectivity index (χ2v) is 7.52. The van der Waals surface area contributed by atoms with Gasteiger partial charge in [0.15, 0.2) is 5.49 Å². The summed E-state index contributed by atoms with van der Waals surface area (Å²) in [5, 5.41) is 23.5. The second kappa shape index (κ2) is 9.38. The fourth-order valence-corrected chi connectivity index (χ4v) is 2.98. The minimum absolute atomic E-state index is 0.302. The highest BCUT2D eigenvalue weighted by atomic mass is 16.5. The first-order valence-corrected chi connectivity index (χ1v) is 10.2. The molecule has 0 unspecified atom stereocenters. The molecule has 0 aliphatic rings. The molecule has 164 valence electrons. The van der Waals surface area contributed by atoms with Crippen molar-refractivity contribution in [1.29, 1.82) is 0 Å². The first kappa shape index (κ1) is 21.2. The lowest BCUT2D eigenvalue weighted by atomic mass is 10.2. The van der Waals surface area contributed by atoms with Gasteiger partial charge in [-0.05, 0) is 39.0 Å². The van der Waals surface area contributed by atoms with Gasteiger partial charge in [-0.25, -0.2) is 4.98 Å². The van der Waals surface area contributed by atoms with Crippen LogP contribution in [0.4, 0.5) is 5.69 Å². The molecule has 2 N–H and O–H groups in total. The standard InChI is InChI=1S/C22H25N9O/c1-14(2)31-13-16(11-26-31)18-5-6-21(30-28-18)29-27-15(3)10-24-19-7-8-23-20-9-17(32-4)12-25-22(19)20/h5-9,11-14H,10H2,1-4H3,(H,23,24)(H,29,30)/b27-15+. The number of aromatic nitrogens is 6. The van der Waals surface area contributed by atoms with Gasteiger partial charge < -0.3 is 10.1 Å². The molecule has 4 rings (SSSR count). The van der Waals surface area contributed by atoms with Crippen LogP contribution < -0.4 is 15.5 Å². The quantitative estimate of drug-likeness (QED) is 0.343. The summed E-state index contributed by atoms with van der Waals surface area (Å²) in [6.45, 7) is 6.57. The Morgan fingerprint density at radius 3 is 2.81 bits per heavy atom. The molecule has 0 amide bonds. The van der Waals surface area contributed by atoms with Crippen molar-refractivity contribution in [2.45, 2.75) is 26.8 Å². The number of H-pyrrole nitrogens is 1. The molecular weight excluding hydrogens is 406 g/mol. The van der Waals surface area contributed by atoms with Gasteiger partial charge in [0.2, 0.25) is 0 Å². The Morgan fingerprint density at radius 2 is 2.09 bits per heavy atom. The van der Waals surface area contributed by atoms with E-state index in [1.807, 2.05) is 42.1 Å². The summed E-state index contributed by atoms with van der Waals surface area (Å²) in [5.41, 5.74) is 5.51. The summed E-state index contributed by atoms with van der Waals surface area (Å²) >= 11 is 0. The maximum Gasteiger partial charge on any atom is 0.168 e. The first-order valence-electron chi connectivity index (χ1n) is 10.2. The third-order valence-electron chi connectivity index (χ3n) is 4.77. The molecule has 10 nitrogen and oxygen atoms in total. The summed E-state index contributed by atoms with van der Waals surface area (Å²) in [4.78, 5) is 8.78. The normalized spacial score (nSPS) is 12.5. The summed E-state index contributed by atoms with van der Waals surface area (Å²) < 4.78 is 7.11. The molecule has 0 fully saturated rings. The molecule has 4 heterocycles. The number of nitrogens with one attached hydrogen (secondary N) is 2. The Balaban J connectivity index is 1.44. The van der Waals surface area contributed by atoms with Crippen LogP contribution in [-0.2, 0) is 0 Å². The van der Waals surface area contributed by atoms with Crippen LogP contribution in [0.15, 0.2) is 59.3 Å². The summed E-state index contributed by atoms with van der Waals surface area (Å²) in [7, 11) is 1.61. The number of nitrogens with zero attached hydrogens (tertiary/aromatic N) is 7. The van der Waals surface area contributed by atoms with Gasteiger partial charge in [0.25, 0.3) is 0 Å². The Morgan fingerprint density at radius 1 is 1.22 bits per heavy atom. The van der Waals surface area contributed by atoms with E-state index in [1.54, 1.807) is 25.7 Å². The minimum Gasteiger partial charge on any atom is -0.495 e. The van der Waals surface area contributed by atoms with Gasteiger partial charge in [0.05, 0.1) is 48.7 Å². The van der Waals surface area contributed by atoms with Crippen molar-refractivity contribution in [1.82, 2.24) is 29.9 Å². The molecular formula is C22H25N9O. The summed E-state index contributed by atoms with van der Waals surface area (Å²) in [6.07, 6.45) is 7.18. The molecule has 4 aromatic rings. The summed E-state index contributed by atoms with van der Waals surface area (Å²) in [5.74, 6) is 0.670. The topological polar surface area (TPSA) is 118 Å². The Bertz CT molecular complexity index is 1300. The van der Waals surface area contributed by atoms with Crippen LogP contribution in [0.25, 0.3) is 22.3 Å². The maximum absolute atomic E-state index is 5.21. The van der Waals surface area contributed by atoms with Crippen LogP contribution in [0.1, 0.15) is 26.8 Å². The highest BCUT2D eigenvalue weighted by molar-refractivity contribution is 5.91. The number of aromatic amines is 1. The molecule has 0 bridgehead atoms. The molecule has 0 spiro atoms. The van der Waals surface area contributed by atoms with Crippen molar-refractivity contribution in [2.24, 2.45) is 10.2 Å². The number of fused-ring (bicyclic) bond motifs is 1. The molecule has 32 heavy (non-hydrogen) atoms. The van der Waals surface area contributed by atoms with E-state index in [0.29, 0.717) is 23.8 Å². The number of hydrogen-bond donors (Lipinski definition) is 2. The van der Waals surface area contributed by atoms with Gasteiger partial charge in [0, 0.05) is 30.1 Å². The molecule has 0 atom stereocenters. The molecule has 0 aromatic carbocycles. The highest BCUT2D eigenvalue weighted by Crippen LogP contribution is 2.22. The van der Waals surface area contributed by atoms with E-state index in [1.165, 1.54) is 0 Å². The zero-order chi connectivity index (χ0) is 22.5. The zero-order valence-electron chi connectivity index (χ0n) is 18.4. The molecule has 0 aliphatic heterocycles. The van der Waals surface area contributed by atoms with E-state index in [9.17, 15) is 0 Å². The van der Waals surface area contributed by atoms with Crippen molar-refractivity contribution in [2.75, 3.05) is 19.0 Å². The molecule has 10 heteroatoms. The lowest BCUT2D eigenvalue weighted by molar-refractivity contribution is 0.413. The van der Waals surface area contributed by atoms with E-state index in [4.69, 9.17) is 4.74 Å². The predicted octanol–water partition coefficient (Wildman–Crippen LogP) is 3.19. The van der Waals surface area contributed by atoms with E-state index in [0.717, 1.165) is 33.7 Å². The van der Waals surface area contributed by atoms with Crippen LogP contribution in [0.3, 0.4) is 0 Å². The Hall–Kier alpha value is -4.08. The fraction of sp³-hybridized carbons (Fsp3) is 0.273. The smallest absolute Gasteiger partial charge is 0.168 e. The average Bonchev–Trinajstić information content (AvgIpc) is 3.32. The van der Waals surface area contributed by atoms with Crippen molar-refractivity contribution < 1.29 is 4.74 Å². The van der Waals surface area contributed by atoms with Gasteiger partial charge >= 0.3 is 0 Å². The third kappa shape index (κ3) is 4.80. The van der Waals surface area contributed by atoms with Crippen LogP contribution in [0, 0.1) is 0 Å². The van der Waals surface area contributed by atoms with Gasteiger partial charge in [-0.1, -0.05) is 0 Å². The monoisotopic (exact) mass is 431 g/mol. The van der Waals surface area contributed by atoms with Gasteiger partial charge in [-0.15, -0.1) is 5.10 Å². The van der Waals surface area contributed by atoms with Crippen LogP contribution in [0.2, 0.25) is 0 Å². The molecule has 0 radical (unpaired) electrons. The van der Waals surface area contributed by atoms with E-state index in [-0.39, 0.29) is 0 Å². The number of anilines is 1. The molecule has 4 aromatic heterocycles. The third-order valence-corrected chi connectivity index (χ3v) is 4.77. The van der Waals surface area contributed by atoms with Crippen molar-refractivity contribution in [3.63, 3.8) is 0 Å². The lowest BCUT2D eigenvalue weighted by Gasteiger charge is -2.08. The minimum atomic E-state index is 0.302. The Kier molecular flexibility index (Phi) is 6.20. The van der Waals surface area contributed by atoms with E-state index >= 15 is 0 Å². The largest absolute Gasteiger partial charge is 0.495 e. The SMILES string of the molecule is COc1cnc2c(NC/C(C)=N/N=c3/ccc(-c4cnn(C(C)C)c4)n[nH]3)ccnc2c1. The predicted molar refractivity (Wildman–Crippen MR) is 123 cm³/mol. The molecule has 0 saturated heterocycles.